The van der Waals surface area contributed by atoms with E-state index < -0.39 is 0 Å². The van der Waals surface area contributed by atoms with Gasteiger partial charge in [0.25, 0.3) is 5.91 Å². The highest BCUT2D eigenvalue weighted by Gasteiger charge is 2.06. The topological polar surface area (TPSA) is 38.3 Å². The van der Waals surface area contributed by atoms with Crippen LogP contribution >= 0.6 is 15.9 Å². The first kappa shape index (κ1) is 15.6. The second kappa shape index (κ2) is 7.84. The van der Waals surface area contributed by atoms with Crippen LogP contribution in [-0.4, -0.2) is 12.5 Å². The lowest BCUT2D eigenvalue weighted by molar-refractivity contribution is 0.102. The smallest absolute Gasteiger partial charge is 0.255 e. The molecular weight excluding hydrogens is 330 g/mol. The van der Waals surface area contributed by atoms with E-state index in [0.29, 0.717) is 12.2 Å². The zero-order valence-electron chi connectivity index (χ0n) is 11.9. The Balaban J connectivity index is 2.00. The summed E-state index contributed by atoms with van der Waals surface area (Å²) in [6.07, 6.45) is 2.12. The maximum absolute atomic E-state index is 12.1. The Morgan fingerprint density at radius 1 is 1.19 bits per heavy atom. The molecule has 110 valence electrons. The lowest BCUT2D eigenvalue weighted by Gasteiger charge is -2.09. The first-order valence-electron chi connectivity index (χ1n) is 6.99. The van der Waals surface area contributed by atoms with Crippen LogP contribution in [0.3, 0.4) is 0 Å². The fourth-order valence-electron chi connectivity index (χ4n) is 1.80. The van der Waals surface area contributed by atoms with Crippen LogP contribution < -0.4 is 10.1 Å². The fourth-order valence-corrected chi connectivity index (χ4v) is 2.07. The molecule has 0 spiro atoms. The summed E-state index contributed by atoms with van der Waals surface area (Å²) in [6, 6.07) is 14.7. The first-order chi connectivity index (χ1) is 10.2. The quantitative estimate of drug-likeness (QED) is 0.756. The zero-order chi connectivity index (χ0) is 15.1. The number of halogens is 1. The van der Waals surface area contributed by atoms with Gasteiger partial charge in [-0.1, -0.05) is 35.3 Å². The number of carbonyl (C=O) groups excluding carboxylic acids is 1. The highest BCUT2D eigenvalue weighted by molar-refractivity contribution is 9.10. The van der Waals surface area contributed by atoms with Crippen molar-refractivity contribution in [2.75, 3.05) is 11.9 Å². The van der Waals surface area contributed by atoms with Crippen LogP contribution in [0.4, 0.5) is 5.69 Å². The number of hydrogen-bond donors (Lipinski definition) is 1. The summed E-state index contributed by atoms with van der Waals surface area (Å²) >= 11 is 3.35. The molecule has 4 heteroatoms. The molecule has 0 aromatic heterocycles. The molecule has 2 aromatic carbocycles. The molecule has 1 N–H and O–H groups in total. The molecule has 3 nitrogen and oxygen atoms in total. The highest BCUT2D eigenvalue weighted by atomic mass is 79.9. The van der Waals surface area contributed by atoms with Crippen LogP contribution in [-0.2, 0) is 0 Å². The number of unbranched alkanes of at least 4 members (excludes halogenated alkanes) is 1. The molecule has 0 aliphatic carbocycles. The number of ether oxygens (including phenoxy) is 1. The minimum absolute atomic E-state index is 0.131. The summed E-state index contributed by atoms with van der Waals surface area (Å²) in [4.78, 5) is 12.1. The molecule has 0 aliphatic rings. The number of nitrogens with one attached hydrogen (secondary N) is 1. The van der Waals surface area contributed by atoms with E-state index in [1.54, 1.807) is 12.1 Å². The van der Waals surface area contributed by atoms with Gasteiger partial charge in [0.2, 0.25) is 0 Å². The molecule has 1 amide bonds. The van der Waals surface area contributed by atoms with Crippen LogP contribution in [0.1, 0.15) is 30.1 Å². The Kier molecular flexibility index (Phi) is 5.81. The largest absolute Gasteiger partial charge is 0.494 e. The molecular formula is C17H18BrNO2. The van der Waals surface area contributed by atoms with Crippen molar-refractivity contribution >= 4 is 27.5 Å². The molecule has 2 rings (SSSR count). The number of carbonyl (C=O) groups is 1. The van der Waals surface area contributed by atoms with Crippen molar-refractivity contribution in [1.82, 2.24) is 0 Å². The van der Waals surface area contributed by atoms with Crippen molar-refractivity contribution in [1.29, 1.82) is 0 Å². The highest BCUT2D eigenvalue weighted by Crippen LogP contribution is 2.19. The number of hydrogen-bond acceptors (Lipinski definition) is 2. The summed E-state index contributed by atoms with van der Waals surface area (Å²) < 4.78 is 6.58. The molecule has 0 atom stereocenters. The maximum Gasteiger partial charge on any atom is 0.255 e. The molecule has 21 heavy (non-hydrogen) atoms. The molecule has 0 unspecified atom stereocenters. The summed E-state index contributed by atoms with van der Waals surface area (Å²) in [7, 11) is 0. The molecule has 0 radical (unpaired) electrons. The molecule has 0 saturated heterocycles. The van der Waals surface area contributed by atoms with Crippen LogP contribution in [0.15, 0.2) is 53.0 Å². The third-order valence-electron chi connectivity index (χ3n) is 2.96. The average molecular weight is 348 g/mol. The molecule has 2 aromatic rings. The minimum Gasteiger partial charge on any atom is -0.494 e. The Bertz CT molecular complexity index is 596. The van der Waals surface area contributed by atoms with Gasteiger partial charge >= 0.3 is 0 Å². The van der Waals surface area contributed by atoms with Gasteiger partial charge in [-0.25, -0.2) is 0 Å². The van der Waals surface area contributed by atoms with E-state index in [1.807, 2.05) is 36.4 Å². The van der Waals surface area contributed by atoms with Crippen molar-refractivity contribution < 1.29 is 9.53 Å². The Morgan fingerprint density at radius 3 is 2.67 bits per heavy atom. The SMILES string of the molecule is CCCCOc1cccc(NC(=O)c2ccc(Br)cc2)c1. The second-order valence-electron chi connectivity index (χ2n) is 4.69. The summed E-state index contributed by atoms with van der Waals surface area (Å²) in [5, 5.41) is 2.87. The van der Waals surface area contributed by atoms with E-state index in [-0.39, 0.29) is 5.91 Å². The van der Waals surface area contributed by atoms with Crippen LogP contribution in [0.5, 0.6) is 5.75 Å². The fraction of sp³-hybridized carbons (Fsp3) is 0.235. The molecule has 0 fully saturated rings. The van der Waals surface area contributed by atoms with E-state index in [4.69, 9.17) is 4.74 Å². The summed E-state index contributed by atoms with van der Waals surface area (Å²) in [6.45, 7) is 2.82. The van der Waals surface area contributed by atoms with Gasteiger partial charge in [0.1, 0.15) is 5.75 Å². The number of benzene rings is 2. The lowest BCUT2D eigenvalue weighted by atomic mass is 10.2. The van der Waals surface area contributed by atoms with Gasteiger partial charge in [0, 0.05) is 21.8 Å². The van der Waals surface area contributed by atoms with Crippen molar-refractivity contribution in [3.8, 4) is 5.75 Å². The Labute approximate surface area is 133 Å². The van der Waals surface area contributed by atoms with Gasteiger partial charge in [0.15, 0.2) is 0 Å². The van der Waals surface area contributed by atoms with Crippen molar-refractivity contribution in [2.24, 2.45) is 0 Å². The number of rotatable bonds is 6. The zero-order valence-corrected chi connectivity index (χ0v) is 13.5. The van der Waals surface area contributed by atoms with Crippen molar-refractivity contribution in [3.05, 3.63) is 58.6 Å². The number of amides is 1. The van der Waals surface area contributed by atoms with E-state index in [2.05, 4.69) is 28.2 Å². The average Bonchev–Trinajstić information content (AvgIpc) is 2.48. The maximum atomic E-state index is 12.1. The Hall–Kier alpha value is -1.81. The molecule has 0 saturated carbocycles. The number of anilines is 1. The van der Waals surface area contributed by atoms with Gasteiger partial charge in [-0.15, -0.1) is 0 Å². The molecule has 0 bridgehead atoms. The first-order valence-corrected chi connectivity index (χ1v) is 7.78. The third kappa shape index (κ3) is 4.90. The van der Waals surface area contributed by atoms with Crippen molar-refractivity contribution in [3.63, 3.8) is 0 Å². The molecule has 0 aliphatic heterocycles. The van der Waals surface area contributed by atoms with E-state index >= 15 is 0 Å². The van der Waals surface area contributed by atoms with Crippen LogP contribution in [0.2, 0.25) is 0 Å². The third-order valence-corrected chi connectivity index (χ3v) is 3.49. The lowest BCUT2D eigenvalue weighted by Crippen LogP contribution is -2.11. The van der Waals surface area contributed by atoms with Crippen LogP contribution in [0.25, 0.3) is 0 Å². The van der Waals surface area contributed by atoms with Crippen molar-refractivity contribution in [2.45, 2.75) is 19.8 Å². The van der Waals surface area contributed by atoms with Gasteiger partial charge < -0.3 is 10.1 Å². The predicted molar refractivity (Wildman–Crippen MR) is 88.9 cm³/mol. The van der Waals surface area contributed by atoms with E-state index in [0.717, 1.165) is 28.8 Å². The van der Waals surface area contributed by atoms with Gasteiger partial charge in [0.05, 0.1) is 6.61 Å². The normalized spacial score (nSPS) is 10.2. The van der Waals surface area contributed by atoms with Gasteiger partial charge in [-0.2, -0.15) is 0 Å². The minimum atomic E-state index is -0.131. The van der Waals surface area contributed by atoms with Gasteiger partial charge in [-0.05, 0) is 42.8 Å². The van der Waals surface area contributed by atoms with Gasteiger partial charge in [-0.3, -0.25) is 4.79 Å². The molecule has 0 heterocycles. The monoisotopic (exact) mass is 347 g/mol. The standard InChI is InChI=1S/C17H18BrNO2/c1-2-3-11-21-16-6-4-5-15(12-16)19-17(20)13-7-9-14(18)10-8-13/h4-10,12H,2-3,11H2,1H3,(H,19,20). The second-order valence-corrected chi connectivity index (χ2v) is 5.61. The summed E-state index contributed by atoms with van der Waals surface area (Å²) in [5.41, 5.74) is 1.35. The summed E-state index contributed by atoms with van der Waals surface area (Å²) in [5.74, 6) is 0.644. The predicted octanol–water partition coefficient (Wildman–Crippen LogP) is 4.88. The Morgan fingerprint density at radius 2 is 1.95 bits per heavy atom. The van der Waals surface area contributed by atoms with E-state index in [1.165, 1.54) is 0 Å². The van der Waals surface area contributed by atoms with E-state index in [9.17, 15) is 4.79 Å². The van der Waals surface area contributed by atoms with Crippen LogP contribution in [0, 0.1) is 0 Å².